The molecule has 2 aromatic carbocycles. The van der Waals surface area contributed by atoms with Gasteiger partial charge in [-0.05, 0) is 36.8 Å². The third-order valence-electron chi connectivity index (χ3n) is 2.95. The molecule has 0 fully saturated rings. The summed E-state index contributed by atoms with van der Waals surface area (Å²) >= 11 is 5.98. The quantitative estimate of drug-likeness (QED) is 0.907. The van der Waals surface area contributed by atoms with E-state index in [-0.39, 0.29) is 12.5 Å². The van der Waals surface area contributed by atoms with Crippen LogP contribution in [0.3, 0.4) is 0 Å². The van der Waals surface area contributed by atoms with Crippen molar-refractivity contribution >= 4 is 28.9 Å². The van der Waals surface area contributed by atoms with E-state index in [0.29, 0.717) is 16.3 Å². The van der Waals surface area contributed by atoms with Gasteiger partial charge in [-0.15, -0.1) is 0 Å². The Kier molecular flexibility index (Phi) is 4.81. The lowest BCUT2D eigenvalue weighted by Crippen LogP contribution is -2.22. The van der Waals surface area contributed by atoms with Gasteiger partial charge in [0.05, 0.1) is 28.9 Å². The maximum absolute atomic E-state index is 11.9. The van der Waals surface area contributed by atoms with Crippen molar-refractivity contribution in [2.75, 3.05) is 17.2 Å². The number of halogens is 1. The molecule has 0 saturated carbocycles. The number of para-hydroxylation sites is 1. The van der Waals surface area contributed by atoms with E-state index in [0.717, 1.165) is 11.3 Å². The number of nitriles is 1. The number of hydrogen-bond acceptors (Lipinski definition) is 3. The van der Waals surface area contributed by atoms with Crippen LogP contribution >= 0.6 is 11.6 Å². The Labute approximate surface area is 128 Å². The van der Waals surface area contributed by atoms with Crippen molar-refractivity contribution < 1.29 is 4.79 Å². The molecular weight excluding hydrogens is 286 g/mol. The second-order valence-corrected chi connectivity index (χ2v) is 4.93. The molecule has 0 saturated heterocycles. The number of hydrogen-bond donors (Lipinski definition) is 2. The topological polar surface area (TPSA) is 64.9 Å². The molecule has 0 aliphatic heterocycles. The Balaban J connectivity index is 1.99. The number of amides is 1. The molecule has 2 aromatic rings. The lowest BCUT2D eigenvalue weighted by molar-refractivity contribution is -0.114. The average Bonchev–Trinajstić information content (AvgIpc) is 2.49. The van der Waals surface area contributed by atoms with Gasteiger partial charge in [-0.3, -0.25) is 4.79 Å². The molecule has 5 heteroatoms. The van der Waals surface area contributed by atoms with Crippen LogP contribution in [0.5, 0.6) is 0 Å². The van der Waals surface area contributed by atoms with Gasteiger partial charge in [0.25, 0.3) is 0 Å². The highest BCUT2D eigenvalue weighted by Crippen LogP contribution is 2.20. The van der Waals surface area contributed by atoms with Crippen LogP contribution < -0.4 is 10.6 Å². The first-order valence-electron chi connectivity index (χ1n) is 6.39. The molecule has 0 bridgehead atoms. The van der Waals surface area contributed by atoms with Gasteiger partial charge in [-0.1, -0.05) is 29.8 Å². The fourth-order valence-corrected chi connectivity index (χ4v) is 2.00. The van der Waals surface area contributed by atoms with Gasteiger partial charge in [-0.2, -0.15) is 5.26 Å². The Morgan fingerprint density at radius 2 is 2.00 bits per heavy atom. The van der Waals surface area contributed by atoms with E-state index >= 15 is 0 Å². The van der Waals surface area contributed by atoms with Crippen molar-refractivity contribution in [2.24, 2.45) is 0 Å². The number of carbonyl (C=O) groups is 1. The molecule has 0 aliphatic rings. The minimum absolute atomic E-state index is 0.0982. The molecule has 0 radical (unpaired) electrons. The summed E-state index contributed by atoms with van der Waals surface area (Å²) in [4.78, 5) is 11.9. The molecular formula is C16H14ClN3O. The van der Waals surface area contributed by atoms with Gasteiger partial charge < -0.3 is 10.6 Å². The number of rotatable bonds is 4. The standard InChI is InChI=1S/C16H14ClN3O/c1-11-6-7-12(9-18)8-15(11)19-10-16(21)20-14-5-3-2-4-13(14)17/h2-8,19H,10H2,1H3,(H,20,21). The van der Waals surface area contributed by atoms with Crippen LogP contribution in [0.25, 0.3) is 0 Å². The smallest absolute Gasteiger partial charge is 0.243 e. The van der Waals surface area contributed by atoms with E-state index in [1.165, 1.54) is 0 Å². The van der Waals surface area contributed by atoms with Gasteiger partial charge in [-0.25, -0.2) is 0 Å². The molecule has 1 amide bonds. The fourth-order valence-electron chi connectivity index (χ4n) is 1.81. The van der Waals surface area contributed by atoms with Gasteiger partial charge in [0.15, 0.2) is 0 Å². The van der Waals surface area contributed by atoms with Crippen LogP contribution in [0.15, 0.2) is 42.5 Å². The van der Waals surface area contributed by atoms with Crippen LogP contribution in [0.4, 0.5) is 11.4 Å². The predicted octanol–water partition coefficient (Wildman–Crippen LogP) is 3.57. The van der Waals surface area contributed by atoms with Crippen molar-refractivity contribution in [3.63, 3.8) is 0 Å². The highest BCUT2D eigenvalue weighted by Gasteiger charge is 2.06. The first kappa shape index (κ1) is 14.9. The molecule has 21 heavy (non-hydrogen) atoms. The summed E-state index contributed by atoms with van der Waals surface area (Å²) in [7, 11) is 0. The van der Waals surface area contributed by atoms with Gasteiger partial charge in [0.1, 0.15) is 0 Å². The number of nitrogens with zero attached hydrogens (tertiary/aromatic N) is 1. The number of nitrogens with one attached hydrogen (secondary N) is 2. The van der Waals surface area contributed by atoms with Gasteiger partial charge in [0.2, 0.25) is 5.91 Å². The molecule has 0 aliphatic carbocycles. The van der Waals surface area contributed by atoms with E-state index in [4.69, 9.17) is 16.9 Å². The highest BCUT2D eigenvalue weighted by atomic mass is 35.5. The third kappa shape index (κ3) is 3.98. The molecule has 106 valence electrons. The van der Waals surface area contributed by atoms with Crippen molar-refractivity contribution in [1.82, 2.24) is 0 Å². The summed E-state index contributed by atoms with van der Waals surface area (Å²) in [5.41, 5.74) is 2.87. The van der Waals surface area contributed by atoms with Crippen LogP contribution in [-0.2, 0) is 4.79 Å². The SMILES string of the molecule is Cc1ccc(C#N)cc1NCC(=O)Nc1ccccc1Cl. The minimum Gasteiger partial charge on any atom is -0.376 e. The summed E-state index contributed by atoms with van der Waals surface area (Å²) in [5, 5.41) is 15.1. The van der Waals surface area contributed by atoms with Crippen molar-refractivity contribution in [2.45, 2.75) is 6.92 Å². The Morgan fingerprint density at radius 1 is 1.24 bits per heavy atom. The predicted molar refractivity (Wildman–Crippen MR) is 84.5 cm³/mol. The maximum Gasteiger partial charge on any atom is 0.243 e. The molecule has 0 atom stereocenters. The minimum atomic E-state index is -0.204. The molecule has 0 spiro atoms. The molecule has 2 N–H and O–H groups in total. The summed E-state index contributed by atoms with van der Waals surface area (Å²) in [6.45, 7) is 2.01. The van der Waals surface area contributed by atoms with E-state index in [9.17, 15) is 4.79 Å². The summed E-state index contributed by atoms with van der Waals surface area (Å²) in [6, 6.07) is 14.4. The molecule has 0 heterocycles. The largest absolute Gasteiger partial charge is 0.376 e. The molecule has 4 nitrogen and oxygen atoms in total. The number of carbonyl (C=O) groups excluding carboxylic acids is 1. The second kappa shape index (κ2) is 6.78. The van der Waals surface area contributed by atoms with E-state index in [1.807, 2.05) is 13.0 Å². The Morgan fingerprint density at radius 3 is 2.71 bits per heavy atom. The van der Waals surface area contributed by atoms with E-state index in [1.54, 1.807) is 36.4 Å². The van der Waals surface area contributed by atoms with E-state index in [2.05, 4.69) is 16.7 Å². The second-order valence-electron chi connectivity index (χ2n) is 4.52. The van der Waals surface area contributed by atoms with Crippen molar-refractivity contribution in [3.8, 4) is 6.07 Å². The zero-order valence-electron chi connectivity index (χ0n) is 11.5. The summed E-state index contributed by atoms with van der Waals surface area (Å²) in [6.07, 6.45) is 0. The van der Waals surface area contributed by atoms with Crippen LogP contribution in [-0.4, -0.2) is 12.5 Å². The lowest BCUT2D eigenvalue weighted by atomic mass is 10.1. The van der Waals surface area contributed by atoms with Crippen molar-refractivity contribution in [1.29, 1.82) is 5.26 Å². The summed E-state index contributed by atoms with van der Waals surface area (Å²) in [5.74, 6) is -0.204. The molecule has 0 unspecified atom stereocenters. The monoisotopic (exact) mass is 299 g/mol. The Hall–Kier alpha value is -2.51. The van der Waals surface area contributed by atoms with Gasteiger partial charge in [0, 0.05) is 5.69 Å². The number of benzene rings is 2. The zero-order chi connectivity index (χ0) is 15.2. The third-order valence-corrected chi connectivity index (χ3v) is 3.28. The van der Waals surface area contributed by atoms with Crippen molar-refractivity contribution in [3.05, 3.63) is 58.6 Å². The molecule has 2 rings (SSSR count). The normalized spacial score (nSPS) is 9.76. The zero-order valence-corrected chi connectivity index (χ0v) is 12.2. The first-order chi connectivity index (χ1) is 10.1. The number of anilines is 2. The summed E-state index contributed by atoms with van der Waals surface area (Å²) < 4.78 is 0. The van der Waals surface area contributed by atoms with E-state index < -0.39 is 0 Å². The Bertz CT molecular complexity index is 707. The lowest BCUT2D eigenvalue weighted by Gasteiger charge is -2.11. The fraction of sp³-hybridized carbons (Fsp3) is 0.125. The highest BCUT2D eigenvalue weighted by molar-refractivity contribution is 6.33. The van der Waals surface area contributed by atoms with Crippen LogP contribution in [0.2, 0.25) is 5.02 Å². The van der Waals surface area contributed by atoms with Gasteiger partial charge >= 0.3 is 0 Å². The average molecular weight is 300 g/mol. The number of aryl methyl sites for hydroxylation is 1. The van der Waals surface area contributed by atoms with Crippen LogP contribution in [0.1, 0.15) is 11.1 Å². The molecule has 0 aromatic heterocycles. The van der Waals surface area contributed by atoms with Crippen LogP contribution in [0, 0.1) is 18.3 Å². The first-order valence-corrected chi connectivity index (χ1v) is 6.77. The maximum atomic E-state index is 11.9.